The highest BCUT2D eigenvalue weighted by atomic mass is 79.9. The van der Waals surface area contributed by atoms with E-state index in [1.807, 2.05) is 48.5 Å². The molecule has 1 aromatic rings. The summed E-state index contributed by atoms with van der Waals surface area (Å²) in [5.41, 5.74) is 0.379. The third-order valence-corrected chi connectivity index (χ3v) is 4.05. The standard InChI is InChI=1S/C16H28BrN3O3/c1-8-19(15(21)23-16(5,6)7)10-11(3)22-14-13(17)12(4)18-20(14)9-2/h11H,8-10H2,1-7H3/t11-/m0/s1. The molecule has 0 spiro atoms. The van der Waals surface area contributed by atoms with Crippen LogP contribution in [-0.4, -0.2) is 45.6 Å². The third-order valence-electron chi connectivity index (χ3n) is 3.13. The summed E-state index contributed by atoms with van der Waals surface area (Å²) >= 11 is 3.51. The molecule has 0 aliphatic rings. The van der Waals surface area contributed by atoms with Gasteiger partial charge in [-0.15, -0.1) is 0 Å². The number of ether oxygens (including phenoxy) is 2. The lowest BCUT2D eigenvalue weighted by molar-refractivity contribution is 0.0186. The normalized spacial score (nSPS) is 12.9. The summed E-state index contributed by atoms with van der Waals surface area (Å²) in [6.07, 6.45) is -0.505. The fourth-order valence-corrected chi connectivity index (χ4v) is 2.44. The predicted molar refractivity (Wildman–Crippen MR) is 93.9 cm³/mol. The van der Waals surface area contributed by atoms with Crippen molar-refractivity contribution in [3.8, 4) is 5.88 Å². The van der Waals surface area contributed by atoms with Crippen molar-refractivity contribution in [2.75, 3.05) is 13.1 Å². The Morgan fingerprint density at radius 2 is 2.00 bits per heavy atom. The number of carbonyl (C=O) groups excluding carboxylic acids is 1. The summed E-state index contributed by atoms with van der Waals surface area (Å²) < 4.78 is 14.1. The minimum atomic E-state index is -0.504. The Hall–Kier alpha value is -1.24. The van der Waals surface area contributed by atoms with Gasteiger partial charge in [-0.1, -0.05) is 0 Å². The van der Waals surface area contributed by atoms with Gasteiger partial charge < -0.3 is 14.4 Å². The molecule has 0 radical (unpaired) electrons. The van der Waals surface area contributed by atoms with Gasteiger partial charge in [0.1, 0.15) is 16.2 Å². The van der Waals surface area contributed by atoms with Crippen LogP contribution in [0.4, 0.5) is 4.79 Å². The highest BCUT2D eigenvalue weighted by Crippen LogP contribution is 2.29. The van der Waals surface area contributed by atoms with Gasteiger partial charge >= 0.3 is 6.09 Å². The molecule has 0 unspecified atom stereocenters. The number of hydrogen-bond donors (Lipinski definition) is 0. The molecule has 0 saturated carbocycles. The number of amides is 1. The van der Waals surface area contributed by atoms with Crippen LogP contribution in [-0.2, 0) is 11.3 Å². The highest BCUT2D eigenvalue weighted by Gasteiger charge is 2.24. The summed E-state index contributed by atoms with van der Waals surface area (Å²) in [4.78, 5) is 13.8. The Morgan fingerprint density at radius 3 is 2.48 bits per heavy atom. The van der Waals surface area contributed by atoms with Gasteiger partial charge in [-0.3, -0.25) is 0 Å². The van der Waals surface area contributed by atoms with Crippen molar-refractivity contribution in [2.45, 2.75) is 66.7 Å². The maximum Gasteiger partial charge on any atom is 0.410 e. The van der Waals surface area contributed by atoms with Crippen molar-refractivity contribution in [1.29, 1.82) is 0 Å². The lowest BCUT2D eigenvalue weighted by Crippen LogP contribution is -2.41. The molecule has 1 aromatic heterocycles. The minimum Gasteiger partial charge on any atom is -0.472 e. The van der Waals surface area contributed by atoms with Crippen molar-refractivity contribution in [2.24, 2.45) is 0 Å². The van der Waals surface area contributed by atoms with Crippen LogP contribution >= 0.6 is 15.9 Å². The van der Waals surface area contributed by atoms with Crippen LogP contribution in [0.1, 0.15) is 47.2 Å². The summed E-state index contributed by atoms with van der Waals surface area (Å²) in [6.45, 7) is 15.1. The lowest BCUT2D eigenvalue weighted by Gasteiger charge is -2.28. The Bertz CT molecular complexity index is 537. The zero-order chi connectivity index (χ0) is 17.8. The first-order valence-corrected chi connectivity index (χ1v) is 8.75. The number of carbonyl (C=O) groups is 1. The Balaban J connectivity index is 2.74. The van der Waals surface area contributed by atoms with E-state index in [4.69, 9.17) is 9.47 Å². The van der Waals surface area contributed by atoms with Gasteiger partial charge in [-0.25, -0.2) is 9.48 Å². The third kappa shape index (κ3) is 5.71. The molecule has 7 heteroatoms. The van der Waals surface area contributed by atoms with Gasteiger partial charge in [0, 0.05) is 13.1 Å². The average molecular weight is 390 g/mol. The Labute approximate surface area is 147 Å². The smallest absolute Gasteiger partial charge is 0.410 e. The minimum absolute atomic E-state index is 0.180. The van der Waals surface area contributed by atoms with Crippen LogP contribution in [0.15, 0.2) is 4.47 Å². The van der Waals surface area contributed by atoms with E-state index in [0.717, 1.165) is 16.7 Å². The molecule has 1 atom stereocenters. The highest BCUT2D eigenvalue weighted by molar-refractivity contribution is 9.10. The maximum absolute atomic E-state index is 12.2. The lowest BCUT2D eigenvalue weighted by atomic mass is 10.2. The van der Waals surface area contributed by atoms with Crippen LogP contribution in [0, 0.1) is 6.92 Å². The molecule has 0 aliphatic carbocycles. The van der Waals surface area contributed by atoms with E-state index in [-0.39, 0.29) is 12.2 Å². The molecule has 0 aromatic carbocycles. The van der Waals surface area contributed by atoms with E-state index in [2.05, 4.69) is 21.0 Å². The fraction of sp³-hybridized carbons (Fsp3) is 0.750. The molecule has 1 heterocycles. The van der Waals surface area contributed by atoms with Crippen molar-refractivity contribution >= 4 is 22.0 Å². The second-order valence-electron chi connectivity index (χ2n) is 6.47. The number of likely N-dealkylation sites (N-methyl/N-ethyl adjacent to an activating group) is 1. The summed E-state index contributed by atoms with van der Waals surface area (Å²) in [5, 5.41) is 4.40. The van der Waals surface area contributed by atoms with Gasteiger partial charge in [0.25, 0.3) is 0 Å². The largest absolute Gasteiger partial charge is 0.472 e. The first-order chi connectivity index (χ1) is 10.6. The van der Waals surface area contributed by atoms with Crippen molar-refractivity contribution in [3.63, 3.8) is 0 Å². The van der Waals surface area contributed by atoms with E-state index in [1.54, 1.807) is 9.58 Å². The monoisotopic (exact) mass is 389 g/mol. The van der Waals surface area contributed by atoms with E-state index >= 15 is 0 Å². The predicted octanol–water partition coefficient (Wildman–Crippen LogP) is 4.00. The second kappa shape index (κ2) is 8.04. The SMILES string of the molecule is CCN(C[C@H](C)Oc1c(Br)c(C)nn1CC)C(=O)OC(C)(C)C. The van der Waals surface area contributed by atoms with Gasteiger partial charge in [-0.2, -0.15) is 5.10 Å². The number of aryl methyl sites for hydroxylation is 2. The van der Waals surface area contributed by atoms with Crippen LogP contribution in [0.3, 0.4) is 0 Å². The molecular weight excluding hydrogens is 362 g/mol. The summed E-state index contributed by atoms with van der Waals surface area (Å²) in [6, 6.07) is 0. The van der Waals surface area contributed by atoms with Crippen LogP contribution in [0.25, 0.3) is 0 Å². The number of aromatic nitrogens is 2. The Kier molecular flexibility index (Phi) is 6.92. The zero-order valence-corrected chi connectivity index (χ0v) is 16.7. The molecule has 132 valence electrons. The molecule has 0 saturated heterocycles. The van der Waals surface area contributed by atoms with Crippen LogP contribution < -0.4 is 4.74 Å². The number of rotatable bonds is 6. The van der Waals surface area contributed by atoms with Crippen molar-refractivity contribution < 1.29 is 14.3 Å². The van der Waals surface area contributed by atoms with Crippen molar-refractivity contribution in [1.82, 2.24) is 14.7 Å². The summed E-state index contributed by atoms with van der Waals surface area (Å²) in [7, 11) is 0. The molecule has 0 aliphatic heterocycles. The van der Waals surface area contributed by atoms with E-state index in [9.17, 15) is 4.79 Å². The van der Waals surface area contributed by atoms with Crippen LogP contribution in [0.5, 0.6) is 5.88 Å². The molecule has 0 bridgehead atoms. The molecule has 0 N–H and O–H groups in total. The number of hydrogen-bond acceptors (Lipinski definition) is 4. The molecule has 23 heavy (non-hydrogen) atoms. The Morgan fingerprint density at radius 1 is 1.39 bits per heavy atom. The van der Waals surface area contributed by atoms with Gasteiger partial charge in [0.05, 0.1) is 12.2 Å². The van der Waals surface area contributed by atoms with Gasteiger partial charge in [0.15, 0.2) is 0 Å². The molecular formula is C16H28BrN3O3. The summed E-state index contributed by atoms with van der Waals surface area (Å²) in [5.74, 6) is 0.692. The first kappa shape index (κ1) is 19.8. The molecule has 1 amide bonds. The maximum atomic E-state index is 12.2. The van der Waals surface area contributed by atoms with Crippen LogP contribution in [0.2, 0.25) is 0 Å². The fourth-order valence-electron chi connectivity index (χ4n) is 2.06. The van der Waals surface area contributed by atoms with E-state index in [0.29, 0.717) is 19.0 Å². The molecule has 6 nitrogen and oxygen atoms in total. The molecule has 0 fully saturated rings. The second-order valence-corrected chi connectivity index (χ2v) is 7.26. The first-order valence-electron chi connectivity index (χ1n) is 7.96. The number of halogens is 1. The quantitative estimate of drug-likeness (QED) is 0.737. The zero-order valence-electron chi connectivity index (χ0n) is 15.1. The number of nitrogens with zero attached hydrogens (tertiary/aromatic N) is 3. The van der Waals surface area contributed by atoms with E-state index < -0.39 is 5.60 Å². The van der Waals surface area contributed by atoms with Crippen molar-refractivity contribution in [3.05, 3.63) is 10.2 Å². The topological polar surface area (TPSA) is 56.6 Å². The van der Waals surface area contributed by atoms with Gasteiger partial charge in [0.2, 0.25) is 5.88 Å². The molecule has 1 rings (SSSR count). The van der Waals surface area contributed by atoms with Gasteiger partial charge in [-0.05, 0) is 64.4 Å². The average Bonchev–Trinajstić information content (AvgIpc) is 2.70. The van der Waals surface area contributed by atoms with E-state index in [1.165, 1.54) is 0 Å².